The number of aromatic nitrogens is 3. The summed E-state index contributed by atoms with van der Waals surface area (Å²) in [6, 6.07) is 6.04. The van der Waals surface area contributed by atoms with Gasteiger partial charge >= 0.3 is 5.97 Å². The van der Waals surface area contributed by atoms with Gasteiger partial charge in [0, 0.05) is 6.54 Å². The Hall–Kier alpha value is -2.77. The number of halogens is 1. The van der Waals surface area contributed by atoms with Gasteiger partial charge in [0.2, 0.25) is 0 Å². The smallest absolute Gasteiger partial charge is 0.310 e. The molecule has 0 aliphatic carbocycles. The van der Waals surface area contributed by atoms with E-state index in [1.54, 1.807) is 12.1 Å². The van der Waals surface area contributed by atoms with Crippen LogP contribution in [0.15, 0.2) is 30.5 Å². The minimum atomic E-state index is -1.08. The lowest BCUT2D eigenvalue weighted by Crippen LogP contribution is -2.39. The fourth-order valence-corrected chi connectivity index (χ4v) is 1.77. The summed E-state index contributed by atoms with van der Waals surface area (Å²) in [7, 11) is 0. The third-order valence-electron chi connectivity index (χ3n) is 3.27. The predicted octanol–water partition coefficient (Wildman–Crippen LogP) is 1.31. The van der Waals surface area contributed by atoms with Gasteiger partial charge in [0.15, 0.2) is 5.69 Å². The normalized spacial score (nSPS) is 11.3. The number of carboxylic acids is 1. The first-order valence-electron chi connectivity index (χ1n) is 6.94. The van der Waals surface area contributed by atoms with Crippen molar-refractivity contribution in [3.63, 3.8) is 0 Å². The van der Waals surface area contributed by atoms with Crippen LogP contribution >= 0.6 is 0 Å². The van der Waals surface area contributed by atoms with Gasteiger partial charge in [-0.15, -0.1) is 5.10 Å². The fraction of sp³-hybridized carbons (Fsp3) is 0.333. The molecule has 0 radical (unpaired) electrons. The largest absolute Gasteiger partial charge is 0.481 e. The summed E-state index contributed by atoms with van der Waals surface area (Å²) in [4.78, 5) is 22.9. The quantitative estimate of drug-likeness (QED) is 0.836. The highest BCUT2D eigenvalue weighted by atomic mass is 19.1. The molecule has 1 aromatic carbocycles. The molecule has 0 spiro atoms. The first-order valence-corrected chi connectivity index (χ1v) is 6.94. The maximum Gasteiger partial charge on any atom is 0.310 e. The topological polar surface area (TPSA) is 97.1 Å². The number of nitrogens with zero attached hydrogens (tertiary/aromatic N) is 3. The molecule has 0 saturated carbocycles. The molecule has 1 aromatic heterocycles. The van der Waals surface area contributed by atoms with Crippen molar-refractivity contribution in [3.8, 4) is 0 Å². The number of nitrogens with one attached hydrogen (secondary N) is 1. The molecule has 0 fully saturated rings. The predicted molar refractivity (Wildman–Crippen MR) is 79.3 cm³/mol. The number of carbonyl (C=O) groups is 2. The molecule has 7 nitrogen and oxygen atoms in total. The maximum atomic E-state index is 13.1. The summed E-state index contributed by atoms with van der Waals surface area (Å²) in [5, 5.41) is 19.1. The lowest BCUT2D eigenvalue weighted by Gasteiger charge is -2.18. The number of hydrogen-bond acceptors (Lipinski definition) is 4. The molecule has 0 atom stereocenters. The van der Waals surface area contributed by atoms with Crippen molar-refractivity contribution < 1.29 is 19.1 Å². The number of hydrogen-bond donors (Lipinski definition) is 2. The van der Waals surface area contributed by atoms with Gasteiger partial charge in [-0.2, -0.15) is 0 Å². The molecule has 122 valence electrons. The first-order chi connectivity index (χ1) is 10.8. The molecule has 1 heterocycles. The summed E-state index contributed by atoms with van der Waals surface area (Å²) in [5.41, 5.74) is -0.316. The molecule has 0 saturated heterocycles. The van der Waals surface area contributed by atoms with Gasteiger partial charge in [-0.05, 0) is 31.5 Å². The fourth-order valence-electron chi connectivity index (χ4n) is 1.77. The highest BCUT2D eigenvalue weighted by Crippen LogP contribution is 2.13. The summed E-state index contributed by atoms with van der Waals surface area (Å²) >= 11 is 0. The molecule has 0 unspecified atom stereocenters. The van der Waals surface area contributed by atoms with Crippen molar-refractivity contribution in [2.24, 2.45) is 5.41 Å². The Kier molecular flexibility index (Phi) is 4.73. The van der Waals surface area contributed by atoms with Crippen LogP contribution < -0.4 is 5.32 Å². The van der Waals surface area contributed by atoms with Crippen LogP contribution in [0.4, 0.5) is 4.39 Å². The third kappa shape index (κ3) is 4.35. The van der Waals surface area contributed by atoms with E-state index in [4.69, 9.17) is 5.11 Å². The van der Waals surface area contributed by atoms with Gasteiger partial charge in [-0.3, -0.25) is 9.59 Å². The number of amides is 1. The Morgan fingerprint density at radius 2 is 2.13 bits per heavy atom. The van der Waals surface area contributed by atoms with Gasteiger partial charge in [-0.25, -0.2) is 9.07 Å². The van der Waals surface area contributed by atoms with Crippen molar-refractivity contribution in [2.45, 2.75) is 20.4 Å². The molecule has 8 heteroatoms. The lowest BCUT2D eigenvalue weighted by atomic mass is 9.94. The second kappa shape index (κ2) is 6.55. The molecule has 23 heavy (non-hydrogen) atoms. The second-order valence-corrected chi connectivity index (χ2v) is 5.80. The van der Waals surface area contributed by atoms with Crippen molar-refractivity contribution >= 4 is 11.9 Å². The van der Waals surface area contributed by atoms with Crippen molar-refractivity contribution in [1.29, 1.82) is 0 Å². The van der Waals surface area contributed by atoms with Crippen LogP contribution in [-0.4, -0.2) is 38.5 Å². The molecular weight excluding hydrogens is 303 g/mol. The molecule has 0 aliphatic heterocycles. The number of carbonyl (C=O) groups excluding carboxylic acids is 1. The van der Waals surface area contributed by atoms with Crippen LogP contribution in [-0.2, 0) is 11.3 Å². The average Bonchev–Trinajstić information content (AvgIpc) is 2.93. The molecule has 2 rings (SSSR count). The number of aliphatic carboxylic acids is 1. The Bertz CT molecular complexity index is 727. The van der Waals surface area contributed by atoms with Gasteiger partial charge in [0.05, 0.1) is 18.2 Å². The Morgan fingerprint density at radius 3 is 2.78 bits per heavy atom. The number of benzene rings is 1. The van der Waals surface area contributed by atoms with Crippen LogP contribution in [0, 0.1) is 11.2 Å². The van der Waals surface area contributed by atoms with Gasteiger partial charge in [0.1, 0.15) is 5.82 Å². The van der Waals surface area contributed by atoms with E-state index in [2.05, 4.69) is 15.6 Å². The minimum absolute atomic E-state index is 0.0298. The van der Waals surface area contributed by atoms with Crippen LogP contribution in [0.2, 0.25) is 0 Å². The third-order valence-corrected chi connectivity index (χ3v) is 3.27. The van der Waals surface area contributed by atoms with E-state index in [-0.39, 0.29) is 24.6 Å². The Labute approximate surface area is 132 Å². The monoisotopic (exact) mass is 320 g/mol. The molecule has 2 N–H and O–H groups in total. The zero-order valence-electron chi connectivity index (χ0n) is 12.8. The number of rotatable bonds is 6. The standard InChI is InChI=1S/C15H17FN4O3/c1-15(2,14(22)23)9-17-13(21)12-8-20(19-18-12)7-10-4-3-5-11(16)6-10/h3-6,8H,7,9H2,1-2H3,(H,17,21)(H,22,23). The molecular formula is C15H17FN4O3. The van der Waals surface area contributed by atoms with Crippen molar-refractivity contribution in [2.75, 3.05) is 6.54 Å². The number of carboxylic acid groups (broad SMARTS) is 1. The first kappa shape index (κ1) is 16.6. The summed E-state index contributed by atoms with van der Waals surface area (Å²) in [6.07, 6.45) is 1.42. The SMILES string of the molecule is CC(C)(CNC(=O)c1cn(Cc2cccc(F)c2)nn1)C(=O)O. The summed E-state index contributed by atoms with van der Waals surface area (Å²) < 4.78 is 14.5. The van der Waals surface area contributed by atoms with E-state index in [0.717, 1.165) is 0 Å². The van der Waals surface area contributed by atoms with E-state index in [9.17, 15) is 14.0 Å². The van der Waals surface area contributed by atoms with E-state index >= 15 is 0 Å². The van der Waals surface area contributed by atoms with E-state index in [0.29, 0.717) is 5.56 Å². The Morgan fingerprint density at radius 1 is 1.39 bits per heavy atom. The van der Waals surface area contributed by atoms with Crippen LogP contribution in [0.25, 0.3) is 0 Å². The van der Waals surface area contributed by atoms with Crippen LogP contribution in [0.1, 0.15) is 29.9 Å². The molecule has 0 bridgehead atoms. The highest BCUT2D eigenvalue weighted by molar-refractivity contribution is 5.92. The van der Waals surface area contributed by atoms with Crippen LogP contribution in [0.5, 0.6) is 0 Å². The second-order valence-electron chi connectivity index (χ2n) is 5.80. The van der Waals surface area contributed by atoms with E-state index in [1.165, 1.54) is 36.9 Å². The zero-order valence-corrected chi connectivity index (χ0v) is 12.8. The van der Waals surface area contributed by atoms with E-state index < -0.39 is 17.3 Å². The highest BCUT2D eigenvalue weighted by Gasteiger charge is 2.28. The van der Waals surface area contributed by atoms with Gasteiger partial charge < -0.3 is 10.4 Å². The van der Waals surface area contributed by atoms with E-state index in [1.807, 2.05) is 0 Å². The lowest BCUT2D eigenvalue weighted by molar-refractivity contribution is -0.146. The summed E-state index contributed by atoms with van der Waals surface area (Å²) in [6.45, 7) is 3.27. The molecule has 2 aromatic rings. The minimum Gasteiger partial charge on any atom is -0.481 e. The zero-order chi connectivity index (χ0) is 17.0. The summed E-state index contributed by atoms with van der Waals surface area (Å²) in [5.74, 6) is -1.87. The van der Waals surface area contributed by atoms with Gasteiger partial charge in [0.25, 0.3) is 5.91 Å². The van der Waals surface area contributed by atoms with Gasteiger partial charge in [-0.1, -0.05) is 17.3 Å². The van der Waals surface area contributed by atoms with Crippen LogP contribution in [0.3, 0.4) is 0 Å². The maximum absolute atomic E-state index is 13.1. The molecule has 1 amide bonds. The molecule has 0 aliphatic rings. The van der Waals surface area contributed by atoms with Crippen molar-refractivity contribution in [1.82, 2.24) is 20.3 Å². The Balaban J connectivity index is 1.98. The van der Waals surface area contributed by atoms with Crippen molar-refractivity contribution in [3.05, 3.63) is 47.5 Å². The average molecular weight is 320 g/mol.